The molecule has 2 aromatic carbocycles. The van der Waals surface area contributed by atoms with E-state index in [2.05, 4.69) is 53.0 Å². The summed E-state index contributed by atoms with van der Waals surface area (Å²) in [5.74, 6) is 0. The minimum Gasteiger partial charge on any atom is -0.358 e. The van der Waals surface area contributed by atoms with Crippen LogP contribution in [0.1, 0.15) is 22.5 Å². The minimum absolute atomic E-state index is 0.618. The van der Waals surface area contributed by atoms with Gasteiger partial charge in [0.1, 0.15) is 0 Å². The number of aromatic nitrogens is 2. The zero-order valence-electron chi connectivity index (χ0n) is 14.5. The van der Waals surface area contributed by atoms with Gasteiger partial charge in [0.2, 0.25) is 0 Å². The summed E-state index contributed by atoms with van der Waals surface area (Å²) in [7, 11) is 0. The second-order valence-corrected chi connectivity index (χ2v) is 6.49. The average molecular weight is 350 g/mol. The quantitative estimate of drug-likeness (QED) is 0.682. The molecule has 1 aromatic heterocycles. The molecular weight excluding hydrogens is 328 g/mol. The van der Waals surface area contributed by atoms with E-state index in [1.807, 2.05) is 41.9 Å². The van der Waals surface area contributed by atoms with Crippen molar-refractivity contribution in [3.8, 4) is 0 Å². The van der Waals surface area contributed by atoms with Crippen LogP contribution in [0.2, 0.25) is 0 Å². The Morgan fingerprint density at radius 1 is 1.00 bits per heavy atom. The smallest absolute Gasteiger partial charge is 0.171 e. The Bertz CT molecular complexity index is 855. The number of hydrogen-bond donors (Lipinski definition) is 2. The largest absolute Gasteiger partial charge is 0.358 e. The molecule has 0 spiro atoms. The first-order chi connectivity index (χ1) is 12.1. The Balaban J connectivity index is 1.59. The van der Waals surface area contributed by atoms with Crippen LogP contribution in [0.25, 0.3) is 0 Å². The molecule has 0 radical (unpaired) electrons. The number of benzene rings is 2. The number of nitrogens with one attached hydrogen (secondary N) is 2. The SMILES string of the molecule is Cc1cc(C)n(Cc2cccc(NC(=S)NCc3ccccc3)c2)n1. The Hall–Kier alpha value is -2.66. The molecule has 128 valence electrons. The molecule has 3 rings (SSSR count). The molecular formula is C20H22N4S. The Labute approximate surface area is 153 Å². The monoisotopic (exact) mass is 350 g/mol. The van der Waals surface area contributed by atoms with Crippen molar-refractivity contribution in [3.63, 3.8) is 0 Å². The third-order valence-corrected chi connectivity index (χ3v) is 4.16. The van der Waals surface area contributed by atoms with Crippen LogP contribution in [0.5, 0.6) is 0 Å². The molecule has 0 amide bonds. The lowest BCUT2D eigenvalue weighted by Crippen LogP contribution is -2.27. The van der Waals surface area contributed by atoms with E-state index < -0.39 is 0 Å². The van der Waals surface area contributed by atoms with Crippen molar-refractivity contribution >= 4 is 23.0 Å². The van der Waals surface area contributed by atoms with Gasteiger partial charge in [-0.05, 0) is 55.4 Å². The first-order valence-corrected chi connectivity index (χ1v) is 8.70. The number of rotatable bonds is 5. The highest BCUT2D eigenvalue weighted by Gasteiger charge is 2.04. The van der Waals surface area contributed by atoms with Crippen LogP contribution < -0.4 is 10.6 Å². The van der Waals surface area contributed by atoms with E-state index in [9.17, 15) is 0 Å². The molecule has 0 aliphatic carbocycles. The molecule has 1 heterocycles. The van der Waals surface area contributed by atoms with Crippen LogP contribution in [0.4, 0.5) is 5.69 Å². The lowest BCUT2D eigenvalue weighted by molar-refractivity contribution is 0.659. The summed E-state index contributed by atoms with van der Waals surface area (Å²) in [4.78, 5) is 0. The van der Waals surface area contributed by atoms with Crippen molar-refractivity contribution in [1.29, 1.82) is 0 Å². The van der Waals surface area contributed by atoms with E-state index in [0.717, 1.165) is 23.6 Å². The molecule has 3 aromatic rings. The second-order valence-electron chi connectivity index (χ2n) is 6.08. The van der Waals surface area contributed by atoms with Gasteiger partial charge >= 0.3 is 0 Å². The summed E-state index contributed by atoms with van der Waals surface area (Å²) in [6.07, 6.45) is 0. The Morgan fingerprint density at radius 2 is 1.76 bits per heavy atom. The van der Waals surface area contributed by atoms with Gasteiger partial charge in [0.15, 0.2) is 5.11 Å². The Kier molecular flexibility index (Phi) is 5.46. The molecule has 5 heteroatoms. The third kappa shape index (κ3) is 4.90. The molecule has 0 aliphatic rings. The zero-order valence-corrected chi connectivity index (χ0v) is 15.3. The normalized spacial score (nSPS) is 10.5. The van der Waals surface area contributed by atoms with Gasteiger partial charge in [-0.2, -0.15) is 5.10 Å². The summed E-state index contributed by atoms with van der Waals surface area (Å²) in [5, 5.41) is 11.6. The van der Waals surface area contributed by atoms with Crippen molar-refractivity contribution in [2.75, 3.05) is 5.32 Å². The average Bonchev–Trinajstić information content (AvgIpc) is 2.91. The summed E-state index contributed by atoms with van der Waals surface area (Å²) in [6, 6.07) is 20.5. The van der Waals surface area contributed by atoms with Crippen molar-refractivity contribution in [1.82, 2.24) is 15.1 Å². The van der Waals surface area contributed by atoms with Gasteiger partial charge in [-0.1, -0.05) is 42.5 Å². The van der Waals surface area contributed by atoms with Gasteiger partial charge in [0.05, 0.1) is 12.2 Å². The molecule has 25 heavy (non-hydrogen) atoms. The summed E-state index contributed by atoms with van der Waals surface area (Å²) >= 11 is 5.39. The van der Waals surface area contributed by atoms with Gasteiger partial charge in [-0.15, -0.1) is 0 Å². The summed E-state index contributed by atoms with van der Waals surface area (Å²) in [5.41, 5.74) is 5.56. The van der Waals surface area contributed by atoms with Crippen LogP contribution in [-0.4, -0.2) is 14.9 Å². The second kappa shape index (κ2) is 7.94. The van der Waals surface area contributed by atoms with Crippen LogP contribution in [0, 0.1) is 13.8 Å². The lowest BCUT2D eigenvalue weighted by Gasteiger charge is -2.12. The highest BCUT2D eigenvalue weighted by Crippen LogP contribution is 2.13. The van der Waals surface area contributed by atoms with Crippen molar-refractivity contribution in [2.24, 2.45) is 0 Å². The first-order valence-electron chi connectivity index (χ1n) is 8.29. The molecule has 0 atom stereocenters. The molecule has 0 saturated carbocycles. The highest BCUT2D eigenvalue weighted by atomic mass is 32.1. The van der Waals surface area contributed by atoms with Crippen molar-refractivity contribution in [2.45, 2.75) is 26.9 Å². The standard InChI is InChI=1S/C20H22N4S/c1-15-11-16(2)24(23-15)14-18-9-6-10-19(12-18)22-20(25)21-13-17-7-4-3-5-8-17/h3-12H,13-14H2,1-2H3,(H2,21,22,25). The predicted octanol–water partition coefficient (Wildman–Crippen LogP) is 4.03. The number of nitrogens with zero attached hydrogens (tertiary/aromatic N) is 2. The molecule has 0 saturated heterocycles. The van der Waals surface area contributed by atoms with Gasteiger partial charge in [-0.25, -0.2) is 0 Å². The molecule has 4 nitrogen and oxygen atoms in total. The summed E-state index contributed by atoms with van der Waals surface area (Å²) in [6.45, 7) is 5.54. The minimum atomic E-state index is 0.618. The number of aryl methyl sites for hydroxylation is 2. The Morgan fingerprint density at radius 3 is 2.48 bits per heavy atom. The fraction of sp³-hybridized carbons (Fsp3) is 0.200. The molecule has 0 bridgehead atoms. The van der Waals surface area contributed by atoms with Crippen LogP contribution >= 0.6 is 12.2 Å². The fourth-order valence-electron chi connectivity index (χ4n) is 2.71. The van der Waals surface area contributed by atoms with Gasteiger partial charge in [0, 0.05) is 17.9 Å². The maximum atomic E-state index is 5.39. The molecule has 0 unspecified atom stereocenters. The fourth-order valence-corrected chi connectivity index (χ4v) is 2.90. The van der Waals surface area contributed by atoms with E-state index in [0.29, 0.717) is 11.7 Å². The number of anilines is 1. The topological polar surface area (TPSA) is 41.9 Å². The third-order valence-electron chi connectivity index (χ3n) is 3.92. The number of hydrogen-bond acceptors (Lipinski definition) is 2. The maximum Gasteiger partial charge on any atom is 0.171 e. The van der Waals surface area contributed by atoms with Crippen LogP contribution in [0.15, 0.2) is 60.7 Å². The first kappa shape index (κ1) is 17.2. The zero-order chi connectivity index (χ0) is 17.6. The molecule has 0 aliphatic heterocycles. The molecule has 2 N–H and O–H groups in total. The van der Waals surface area contributed by atoms with Gasteiger partial charge in [-0.3, -0.25) is 4.68 Å². The van der Waals surface area contributed by atoms with Crippen molar-refractivity contribution < 1.29 is 0 Å². The van der Waals surface area contributed by atoms with Crippen molar-refractivity contribution in [3.05, 3.63) is 83.2 Å². The summed E-state index contributed by atoms with van der Waals surface area (Å²) < 4.78 is 2.01. The van der Waals surface area contributed by atoms with Gasteiger partial charge in [0.25, 0.3) is 0 Å². The maximum absolute atomic E-state index is 5.39. The van der Waals surface area contributed by atoms with E-state index >= 15 is 0 Å². The van der Waals surface area contributed by atoms with Gasteiger partial charge < -0.3 is 10.6 Å². The highest BCUT2D eigenvalue weighted by molar-refractivity contribution is 7.80. The molecule has 0 fully saturated rings. The van der Waals surface area contributed by atoms with Crippen LogP contribution in [-0.2, 0) is 13.1 Å². The number of thiocarbonyl (C=S) groups is 1. The lowest BCUT2D eigenvalue weighted by atomic mass is 10.2. The predicted molar refractivity (Wildman–Crippen MR) is 107 cm³/mol. The van der Waals surface area contributed by atoms with E-state index in [4.69, 9.17) is 12.2 Å². The van der Waals surface area contributed by atoms with E-state index in [1.165, 1.54) is 11.1 Å². The van der Waals surface area contributed by atoms with Crippen LogP contribution in [0.3, 0.4) is 0 Å². The van der Waals surface area contributed by atoms with E-state index in [-0.39, 0.29) is 0 Å². The van der Waals surface area contributed by atoms with E-state index in [1.54, 1.807) is 0 Å².